The van der Waals surface area contributed by atoms with Gasteiger partial charge in [-0.1, -0.05) is 37.3 Å². The lowest BCUT2D eigenvalue weighted by Crippen LogP contribution is -2.15. The van der Waals surface area contributed by atoms with Gasteiger partial charge in [-0.25, -0.2) is 0 Å². The van der Waals surface area contributed by atoms with Crippen molar-refractivity contribution in [3.05, 3.63) is 59.7 Å². The van der Waals surface area contributed by atoms with E-state index >= 15 is 0 Å². The third-order valence-electron chi connectivity index (χ3n) is 4.00. The minimum atomic E-state index is -0.833. The van der Waals surface area contributed by atoms with Crippen LogP contribution in [0.25, 0.3) is 0 Å². The summed E-state index contributed by atoms with van der Waals surface area (Å²) < 4.78 is 5.35. The Balaban J connectivity index is 1.98. The lowest BCUT2D eigenvalue weighted by atomic mass is 9.96. The molecule has 0 fully saturated rings. The van der Waals surface area contributed by atoms with E-state index in [0.29, 0.717) is 18.5 Å². The van der Waals surface area contributed by atoms with E-state index in [1.807, 2.05) is 49.4 Å². The summed E-state index contributed by atoms with van der Waals surface area (Å²) in [5.74, 6) is -0.126. The van der Waals surface area contributed by atoms with Crippen LogP contribution in [0.3, 0.4) is 0 Å². The number of nitrogens with one attached hydrogen (secondary N) is 1. The SMILES string of the molecule is COc1ccccc1C(C)CC(=O)Nc1cccc(CCC(=O)O)c1. The van der Waals surface area contributed by atoms with Gasteiger partial charge in [-0.15, -0.1) is 0 Å². The molecule has 132 valence electrons. The summed E-state index contributed by atoms with van der Waals surface area (Å²) in [5, 5.41) is 11.6. The molecule has 5 nitrogen and oxygen atoms in total. The molecule has 0 aromatic heterocycles. The van der Waals surface area contributed by atoms with Gasteiger partial charge in [0.2, 0.25) is 5.91 Å². The molecular weight excluding hydrogens is 318 g/mol. The zero-order chi connectivity index (χ0) is 18.2. The Hall–Kier alpha value is -2.82. The fraction of sp³-hybridized carbons (Fsp3) is 0.300. The van der Waals surface area contributed by atoms with Crippen molar-refractivity contribution in [2.45, 2.75) is 32.1 Å². The lowest BCUT2D eigenvalue weighted by molar-refractivity contribution is -0.137. The number of hydrogen-bond donors (Lipinski definition) is 2. The van der Waals surface area contributed by atoms with Crippen LogP contribution in [0.15, 0.2) is 48.5 Å². The number of amides is 1. The van der Waals surface area contributed by atoms with Gasteiger partial charge in [-0.2, -0.15) is 0 Å². The number of aliphatic carboxylic acids is 1. The molecule has 0 heterocycles. The molecule has 0 aliphatic carbocycles. The van der Waals surface area contributed by atoms with Gasteiger partial charge in [-0.05, 0) is 41.7 Å². The van der Waals surface area contributed by atoms with Crippen molar-refractivity contribution < 1.29 is 19.4 Å². The van der Waals surface area contributed by atoms with E-state index in [9.17, 15) is 9.59 Å². The molecule has 2 N–H and O–H groups in total. The standard InChI is InChI=1S/C20H23NO4/c1-14(17-8-3-4-9-18(17)25-2)12-19(22)21-16-7-5-6-15(13-16)10-11-20(23)24/h3-9,13-14H,10-12H2,1-2H3,(H,21,22)(H,23,24). The number of carbonyl (C=O) groups is 2. The normalized spacial score (nSPS) is 11.6. The highest BCUT2D eigenvalue weighted by atomic mass is 16.5. The van der Waals surface area contributed by atoms with Gasteiger partial charge in [0.1, 0.15) is 5.75 Å². The van der Waals surface area contributed by atoms with E-state index < -0.39 is 5.97 Å². The van der Waals surface area contributed by atoms with Gasteiger partial charge >= 0.3 is 5.97 Å². The Morgan fingerprint density at radius 1 is 1.16 bits per heavy atom. The summed E-state index contributed by atoms with van der Waals surface area (Å²) >= 11 is 0. The minimum absolute atomic E-state index is 0.0198. The highest BCUT2D eigenvalue weighted by molar-refractivity contribution is 5.91. The average Bonchev–Trinajstić information content (AvgIpc) is 2.60. The van der Waals surface area contributed by atoms with E-state index in [0.717, 1.165) is 16.9 Å². The van der Waals surface area contributed by atoms with Crippen molar-refractivity contribution in [3.63, 3.8) is 0 Å². The fourth-order valence-electron chi connectivity index (χ4n) is 2.73. The number of benzene rings is 2. The highest BCUT2D eigenvalue weighted by Crippen LogP contribution is 2.28. The average molecular weight is 341 g/mol. The van der Waals surface area contributed by atoms with Crippen LogP contribution in [0.5, 0.6) is 5.75 Å². The van der Waals surface area contributed by atoms with Crippen LogP contribution in [0.2, 0.25) is 0 Å². The van der Waals surface area contributed by atoms with Crippen molar-refractivity contribution in [1.29, 1.82) is 0 Å². The maximum atomic E-state index is 12.3. The Morgan fingerprint density at radius 3 is 2.64 bits per heavy atom. The number of carboxylic acids is 1. The molecule has 0 aliphatic heterocycles. The van der Waals surface area contributed by atoms with Gasteiger partial charge in [-0.3, -0.25) is 9.59 Å². The molecule has 0 spiro atoms. The van der Waals surface area contributed by atoms with Crippen LogP contribution >= 0.6 is 0 Å². The molecule has 0 bridgehead atoms. The zero-order valence-corrected chi connectivity index (χ0v) is 14.5. The van der Waals surface area contributed by atoms with Crippen molar-refractivity contribution in [2.75, 3.05) is 12.4 Å². The van der Waals surface area contributed by atoms with E-state index in [4.69, 9.17) is 9.84 Å². The smallest absolute Gasteiger partial charge is 0.303 e. The number of aryl methyl sites for hydroxylation is 1. The van der Waals surface area contributed by atoms with Crippen LogP contribution in [-0.2, 0) is 16.0 Å². The van der Waals surface area contributed by atoms with Gasteiger partial charge < -0.3 is 15.2 Å². The molecule has 2 rings (SSSR count). The van der Waals surface area contributed by atoms with E-state index in [1.54, 1.807) is 13.2 Å². The quantitative estimate of drug-likeness (QED) is 0.765. The number of para-hydroxylation sites is 1. The Labute approximate surface area is 147 Å². The Morgan fingerprint density at radius 2 is 1.92 bits per heavy atom. The second-order valence-electron chi connectivity index (χ2n) is 5.99. The first-order chi connectivity index (χ1) is 12.0. The van der Waals surface area contributed by atoms with Gasteiger partial charge in [0, 0.05) is 18.5 Å². The Kier molecular flexibility index (Phi) is 6.57. The van der Waals surface area contributed by atoms with Crippen LogP contribution in [0.4, 0.5) is 5.69 Å². The molecular formula is C20H23NO4. The monoisotopic (exact) mass is 341 g/mol. The third kappa shape index (κ3) is 5.64. The summed E-state index contributed by atoms with van der Waals surface area (Å²) in [5.41, 5.74) is 2.56. The molecule has 0 saturated heterocycles. The fourth-order valence-corrected chi connectivity index (χ4v) is 2.73. The number of methoxy groups -OCH3 is 1. The lowest BCUT2D eigenvalue weighted by Gasteiger charge is -2.15. The number of hydrogen-bond acceptors (Lipinski definition) is 3. The topological polar surface area (TPSA) is 75.6 Å². The summed E-state index contributed by atoms with van der Waals surface area (Å²) in [6.07, 6.45) is 0.846. The predicted octanol–water partition coefficient (Wildman–Crippen LogP) is 3.84. The Bertz CT molecular complexity index is 742. The number of anilines is 1. The zero-order valence-electron chi connectivity index (χ0n) is 14.5. The summed E-state index contributed by atoms with van der Waals surface area (Å²) in [6.45, 7) is 1.99. The summed E-state index contributed by atoms with van der Waals surface area (Å²) in [7, 11) is 1.62. The summed E-state index contributed by atoms with van der Waals surface area (Å²) in [6, 6.07) is 15.0. The van der Waals surface area contributed by atoms with Gasteiger partial charge in [0.15, 0.2) is 0 Å². The molecule has 1 atom stereocenters. The van der Waals surface area contributed by atoms with Crippen LogP contribution in [0, 0.1) is 0 Å². The molecule has 0 radical (unpaired) electrons. The third-order valence-corrected chi connectivity index (χ3v) is 4.00. The van der Waals surface area contributed by atoms with Crippen LogP contribution in [0.1, 0.15) is 36.8 Å². The molecule has 25 heavy (non-hydrogen) atoms. The molecule has 5 heteroatoms. The minimum Gasteiger partial charge on any atom is -0.496 e. The molecule has 2 aromatic carbocycles. The second-order valence-corrected chi connectivity index (χ2v) is 5.99. The van der Waals surface area contributed by atoms with E-state index in [2.05, 4.69) is 5.32 Å². The van der Waals surface area contributed by atoms with Crippen LogP contribution < -0.4 is 10.1 Å². The molecule has 0 aliphatic rings. The number of rotatable bonds is 8. The maximum absolute atomic E-state index is 12.3. The van der Waals surface area contributed by atoms with Crippen LogP contribution in [-0.4, -0.2) is 24.1 Å². The first-order valence-corrected chi connectivity index (χ1v) is 8.23. The summed E-state index contributed by atoms with van der Waals surface area (Å²) in [4.78, 5) is 23.0. The molecule has 1 unspecified atom stereocenters. The highest BCUT2D eigenvalue weighted by Gasteiger charge is 2.15. The molecule has 1 amide bonds. The van der Waals surface area contributed by atoms with Gasteiger partial charge in [0.25, 0.3) is 0 Å². The first kappa shape index (κ1) is 18.5. The largest absolute Gasteiger partial charge is 0.496 e. The molecule has 0 saturated carbocycles. The van der Waals surface area contributed by atoms with Crippen molar-refractivity contribution >= 4 is 17.6 Å². The second kappa shape index (κ2) is 8.87. The number of ether oxygens (including phenoxy) is 1. The number of carboxylic acid groups (broad SMARTS) is 1. The first-order valence-electron chi connectivity index (χ1n) is 8.23. The van der Waals surface area contributed by atoms with E-state index in [-0.39, 0.29) is 18.2 Å². The number of carbonyl (C=O) groups excluding carboxylic acids is 1. The molecule has 2 aromatic rings. The van der Waals surface area contributed by atoms with Crippen molar-refractivity contribution in [2.24, 2.45) is 0 Å². The van der Waals surface area contributed by atoms with Gasteiger partial charge in [0.05, 0.1) is 7.11 Å². The predicted molar refractivity (Wildman–Crippen MR) is 97.1 cm³/mol. The maximum Gasteiger partial charge on any atom is 0.303 e. The van der Waals surface area contributed by atoms with E-state index in [1.165, 1.54) is 0 Å². The van der Waals surface area contributed by atoms with Crippen molar-refractivity contribution in [3.8, 4) is 5.75 Å². The van der Waals surface area contributed by atoms with Crippen molar-refractivity contribution in [1.82, 2.24) is 0 Å².